The van der Waals surface area contributed by atoms with Gasteiger partial charge in [-0.25, -0.2) is 0 Å². The number of carbonyl (C=O) groups is 1. The van der Waals surface area contributed by atoms with Gasteiger partial charge in [-0.05, 0) is 60.9 Å². The van der Waals surface area contributed by atoms with E-state index in [9.17, 15) is 4.79 Å². The minimum absolute atomic E-state index is 0.0117. The van der Waals surface area contributed by atoms with Gasteiger partial charge in [-0.3, -0.25) is 4.79 Å². The van der Waals surface area contributed by atoms with Crippen LogP contribution in [0.5, 0.6) is 0 Å². The molecule has 4 heteroatoms. The van der Waals surface area contributed by atoms with E-state index in [1.165, 1.54) is 10.4 Å². The summed E-state index contributed by atoms with van der Waals surface area (Å²) in [5.74, 6) is 0.0464. The quantitative estimate of drug-likeness (QED) is 0.221. The summed E-state index contributed by atoms with van der Waals surface area (Å²) >= 11 is 0. The van der Waals surface area contributed by atoms with E-state index < -0.39 is 13.9 Å². The van der Waals surface area contributed by atoms with E-state index in [1.807, 2.05) is 20.8 Å². The lowest BCUT2D eigenvalue weighted by atomic mass is 9.98. The lowest BCUT2D eigenvalue weighted by Crippen LogP contribution is -2.66. The molecule has 3 rings (SSSR count). The molecule has 0 aromatic heterocycles. The average molecular weight is 481 g/mol. The van der Waals surface area contributed by atoms with Gasteiger partial charge in [0.15, 0.2) is 0 Å². The van der Waals surface area contributed by atoms with E-state index in [-0.39, 0.29) is 22.3 Å². The minimum Gasteiger partial charge on any atom is -0.460 e. The Kier molecular flexibility index (Phi) is 8.14. The molecular weight excluding hydrogens is 436 g/mol. The fraction of sp³-hybridized carbons (Fsp3) is 0.567. The van der Waals surface area contributed by atoms with Gasteiger partial charge in [-0.2, -0.15) is 0 Å². The third-order valence-corrected chi connectivity index (χ3v) is 12.2. The molecule has 2 atom stereocenters. The fourth-order valence-corrected chi connectivity index (χ4v) is 9.82. The monoisotopic (exact) mass is 480 g/mol. The Hall–Kier alpha value is -1.91. The molecule has 1 fully saturated rings. The number of ether oxygens (including phenoxy) is 1. The van der Waals surface area contributed by atoms with Gasteiger partial charge in [-0.1, -0.05) is 101 Å². The first-order valence-electron chi connectivity index (χ1n) is 12.9. The highest BCUT2D eigenvalue weighted by molar-refractivity contribution is 6.99. The SMILES string of the molecule is CC(C)(C)OC(=O)[C@H]1C[C@]1(C)CCCCCO[Si](c1ccccc1)(c1ccccc1)C(C)(C)C. The second-order valence-electron chi connectivity index (χ2n) is 12.3. The standard InChI is InChI=1S/C30H44O3Si/c1-28(2,3)33-27(31)26-23-30(26,7)21-15-10-16-22-32-34(29(4,5)6,24-17-11-8-12-18-24)25-19-13-9-14-20-25/h8-9,11-14,17-20,26H,10,15-16,21-23H2,1-7H3/t26-,30+/m1/s1. The maximum Gasteiger partial charge on any atom is 0.310 e. The zero-order chi connectivity index (χ0) is 25.0. The topological polar surface area (TPSA) is 35.5 Å². The molecule has 2 aromatic rings. The Balaban J connectivity index is 1.59. The molecule has 34 heavy (non-hydrogen) atoms. The number of benzene rings is 2. The molecule has 1 aliphatic rings. The van der Waals surface area contributed by atoms with E-state index in [2.05, 4.69) is 88.4 Å². The number of rotatable bonds is 10. The third-order valence-electron chi connectivity index (χ3n) is 7.17. The normalized spacial score (nSPS) is 20.7. The van der Waals surface area contributed by atoms with Gasteiger partial charge >= 0.3 is 5.97 Å². The lowest BCUT2D eigenvalue weighted by molar-refractivity contribution is -0.157. The molecule has 0 spiro atoms. The Morgan fingerprint density at radius 3 is 1.88 bits per heavy atom. The number of hydrogen-bond acceptors (Lipinski definition) is 3. The first-order valence-corrected chi connectivity index (χ1v) is 14.8. The first-order chi connectivity index (χ1) is 15.9. The van der Waals surface area contributed by atoms with Crippen LogP contribution in [-0.4, -0.2) is 26.5 Å². The highest BCUT2D eigenvalue weighted by Crippen LogP contribution is 2.56. The van der Waals surface area contributed by atoms with Crippen LogP contribution in [-0.2, 0) is 14.0 Å². The maximum absolute atomic E-state index is 12.4. The molecule has 3 nitrogen and oxygen atoms in total. The largest absolute Gasteiger partial charge is 0.460 e. The van der Waals surface area contributed by atoms with E-state index in [0.29, 0.717) is 0 Å². The molecule has 0 radical (unpaired) electrons. The van der Waals surface area contributed by atoms with Gasteiger partial charge in [0.2, 0.25) is 0 Å². The van der Waals surface area contributed by atoms with Crippen molar-refractivity contribution in [2.75, 3.05) is 6.61 Å². The van der Waals surface area contributed by atoms with Crippen molar-refractivity contribution in [1.29, 1.82) is 0 Å². The van der Waals surface area contributed by atoms with Gasteiger partial charge < -0.3 is 9.16 Å². The number of unbranched alkanes of at least 4 members (excludes halogenated alkanes) is 2. The van der Waals surface area contributed by atoms with Crippen LogP contribution in [0.4, 0.5) is 0 Å². The predicted molar refractivity (Wildman–Crippen MR) is 144 cm³/mol. The Bertz CT molecular complexity index is 888. The summed E-state index contributed by atoms with van der Waals surface area (Å²) in [5.41, 5.74) is -0.292. The lowest BCUT2D eigenvalue weighted by Gasteiger charge is -2.43. The van der Waals surface area contributed by atoms with E-state index in [0.717, 1.165) is 38.7 Å². The second kappa shape index (κ2) is 10.4. The Morgan fingerprint density at radius 2 is 1.41 bits per heavy atom. The zero-order valence-electron chi connectivity index (χ0n) is 22.3. The van der Waals surface area contributed by atoms with Crippen molar-refractivity contribution in [3.63, 3.8) is 0 Å². The summed E-state index contributed by atoms with van der Waals surface area (Å²) in [5, 5.41) is 2.68. The average Bonchev–Trinajstić information content (AvgIpc) is 3.44. The number of carbonyl (C=O) groups excluding carboxylic acids is 1. The van der Waals surface area contributed by atoms with Gasteiger partial charge in [0, 0.05) is 6.61 Å². The predicted octanol–water partition coefficient (Wildman–Crippen LogP) is 6.49. The van der Waals surface area contributed by atoms with Crippen LogP contribution in [0.2, 0.25) is 5.04 Å². The maximum atomic E-state index is 12.4. The molecule has 0 amide bonds. The molecule has 1 saturated carbocycles. The summed E-state index contributed by atoms with van der Waals surface area (Å²) in [6.07, 6.45) is 5.32. The van der Waals surface area contributed by atoms with Crippen molar-refractivity contribution in [3.05, 3.63) is 60.7 Å². The molecule has 0 unspecified atom stereocenters. The van der Waals surface area contributed by atoms with Crippen molar-refractivity contribution in [2.45, 2.75) is 91.2 Å². The molecule has 1 aliphatic carbocycles. The van der Waals surface area contributed by atoms with Crippen LogP contribution in [0.1, 0.15) is 80.6 Å². The van der Waals surface area contributed by atoms with Crippen LogP contribution in [0.15, 0.2) is 60.7 Å². The molecule has 0 N–H and O–H groups in total. The van der Waals surface area contributed by atoms with Crippen molar-refractivity contribution in [2.24, 2.45) is 11.3 Å². The van der Waals surface area contributed by atoms with Crippen molar-refractivity contribution >= 4 is 24.7 Å². The molecule has 0 saturated heterocycles. The van der Waals surface area contributed by atoms with Crippen molar-refractivity contribution in [3.8, 4) is 0 Å². The Morgan fingerprint density at radius 1 is 0.882 bits per heavy atom. The molecular formula is C30H44O3Si. The zero-order valence-corrected chi connectivity index (χ0v) is 23.3. The van der Waals surface area contributed by atoms with Crippen LogP contribution >= 0.6 is 0 Å². The van der Waals surface area contributed by atoms with Gasteiger partial charge in [0.1, 0.15) is 5.60 Å². The summed E-state index contributed by atoms with van der Waals surface area (Å²) in [6.45, 7) is 15.8. The minimum atomic E-state index is -2.44. The summed E-state index contributed by atoms with van der Waals surface area (Å²) < 4.78 is 12.6. The van der Waals surface area contributed by atoms with Crippen LogP contribution in [0.3, 0.4) is 0 Å². The molecule has 0 heterocycles. The third kappa shape index (κ3) is 6.20. The number of hydrogen-bond donors (Lipinski definition) is 0. The van der Waals surface area contributed by atoms with E-state index in [1.54, 1.807) is 0 Å². The molecule has 186 valence electrons. The van der Waals surface area contributed by atoms with Gasteiger partial charge in [0.25, 0.3) is 8.32 Å². The van der Waals surface area contributed by atoms with Crippen LogP contribution in [0.25, 0.3) is 0 Å². The van der Waals surface area contributed by atoms with Crippen molar-refractivity contribution in [1.82, 2.24) is 0 Å². The molecule has 2 aromatic carbocycles. The first kappa shape index (κ1) is 26.7. The van der Waals surface area contributed by atoms with Crippen LogP contribution in [0, 0.1) is 11.3 Å². The highest BCUT2D eigenvalue weighted by atomic mass is 28.4. The summed E-state index contributed by atoms with van der Waals surface area (Å²) in [6, 6.07) is 21.7. The van der Waals surface area contributed by atoms with E-state index in [4.69, 9.17) is 9.16 Å². The molecule has 0 bridgehead atoms. The molecule has 0 aliphatic heterocycles. The Labute approximate surface area is 208 Å². The van der Waals surface area contributed by atoms with Gasteiger partial charge in [-0.15, -0.1) is 0 Å². The number of esters is 1. The van der Waals surface area contributed by atoms with E-state index >= 15 is 0 Å². The van der Waals surface area contributed by atoms with Crippen molar-refractivity contribution < 1.29 is 14.0 Å². The van der Waals surface area contributed by atoms with Gasteiger partial charge in [0.05, 0.1) is 5.92 Å². The van der Waals surface area contributed by atoms with Crippen LogP contribution < -0.4 is 10.4 Å². The summed E-state index contributed by atoms with van der Waals surface area (Å²) in [4.78, 5) is 12.4. The smallest absolute Gasteiger partial charge is 0.310 e. The fourth-order valence-electron chi connectivity index (χ4n) is 5.22. The summed E-state index contributed by atoms with van der Waals surface area (Å²) in [7, 11) is -2.44. The second-order valence-corrected chi connectivity index (χ2v) is 16.6. The highest BCUT2D eigenvalue weighted by Gasteiger charge is 2.55.